The summed E-state index contributed by atoms with van der Waals surface area (Å²) in [5.74, 6) is 0.578. The maximum absolute atomic E-state index is 10.5. The van der Waals surface area contributed by atoms with Crippen LogP contribution in [0.15, 0.2) is 0 Å². The molecule has 0 unspecified atom stereocenters. The van der Waals surface area contributed by atoms with E-state index in [1.54, 1.807) is 0 Å². The van der Waals surface area contributed by atoms with Crippen molar-refractivity contribution in [2.45, 2.75) is 25.3 Å². The van der Waals surface area contributed by atoms with Crippen LogP contribution in [-0.2, 0) is 4.79 Å². The monoisotopic (exact) mass is 197 g/mol. The quantitative estimate of drug-likeness (QED) is 0.567. The molecule has 0 spiro atoms. The van der Waals surface area contributed by atoms with Gasteiger partial charge in [-0.2, -0.15) is 0 Å². The summed E-state index contributed by atoms with van der Waals surface area (Å²) < 4.78 is 0. The molecule has 0 aromatic carbocycles. The van der Waals surface area contributed by atoms with Crippen LogP contribution in [0, 0.1) is 5.92 Å². The van der Waals surface area contributed by atoms with Crippen molar-refractivity contribution in [2.75, 3.05) is 26.2 Å². The van der Waals surface area contributed by atoms with Gasteiger partial charge in [-0.25, -0.2) is 0 Å². The van der Waals surface area contributed by atoms with Crippen LogP contribution in [0.2, 0.25) is 0 Å². The largest absolute Gasteiger partial charge is 0.370 e. The van der Waals surface area contributed by atoms with Crippen molar-refractivity contribution in [3.8, 4) is 0 Å². The van der Waals surface area contributed by atoms with Crippen LogP contribution in [-0.4, -0.2) is 43.0 Å². The van der Waals surface area contributed by atoms with E-state index in [9.17, 15) is 4.79 Å². The van der Waals surface area contributed by atoms with Crippen molar-refractivity contribution >= 4 is 5.91 Å². The van der Waals surface area contributed by atoms with Crippen LogP contribution < -0.4 is 11.1 Å². The van der Waals surface area contributed by atoms with Gasteiger partial charge in [0.1, 0.15) is 0 Å². The van der Waals surface area contributed by atoms with Gasteiger partial charge in [-0.15, -0.1) is 0 Å². The molecule has 0 radical (unpaired) electrons. The van der Waals surface area contributed by atoms with Gasteiger partial charge < -0.3 is 11.1 Å². The second kappa shape index (κ2) is 4.28. The number of rotatable bonds is 6. The molecule has 0 aromatic rings. The predicted octanol–water partition coefficient (Wildman–Crippen LogP) is -0.454. The number of primary amides is 1. The molecular formula is C10H19N3O. The maximum atomic E-state index is 10.5. The first kappa shape index (κ1) is 9.93. The van der Waals surface area contributed by atoms with Crippen LogP contribution in [0.3, 0.4) is 0 Å². The van der Waals surface area contributed by atoms with Crippen molar-refractivity contribution in [1.29, 1.82) is 0 Å². The summed E-state index contributed by atoms with van der Waals surface area (Å²) in [6, 6.07) is 0.914. The van der Waals surface area contributed by atoms with Gasteiger partial charge in [0.05, 0.1) is 0 Å². The van der Waals surface area contributed by atoms with Crippen molar-refractivity contribution in [3.63, 3.8) is 0 Å². The zero-order valence-electron chi connectivity index (χ0n) is 8.54. The van der Waals surface area contributed by atoms with E-state index in [0.717, 1.165) is 25.0 Å². The average Bonchev–Trinajstić information content (AvgIpc) is 2.83. The molecule has 2 aliphatic rings. The lowest BCUT2D eigenvalue weighted by molar-refractivity contribution is -0.117. The third-order valence-electron chi connectivity index (χ3n) is 3.03. The van der Waals surface area contributed by atoms with E-state index < -0.39 is 0 Å². The van der Waals surface area contributed by atoms with E-state index in [1.165, 1.54) is 25.9 Å². The lowest BCUT2D eigenvalue weighted by atomic mass is 10.00. The Morgan fingerprint density at radius 3 is 2.71 bits per heavy atom. The Morgan fingerprint density at radius 1 is 1.43 bits per heavy atom. The molecule has 80 valence electrons. The van der Waals surface area contributed by atoms with Crippen molar-refractivity contribution in [2.24, 2.45) is 11.7 Å². The molecule has 0 atom stereocenters. The molecule has 1 aliphatic heterocycles. The van der Waals surface area contributed by atoms with Crippen molar-refractivity contribution in [3.05, 3.63) is 0 Å². The molecule has 1 saturated heterocycles. The standard InChI is InChI=1S/C10H19N3O/c11-10(14)3-4-12-5-8-6-13(7-8)9-1-2-9/h8-9,12H,1-7H2,(H2,11,14). The van der Waals surface area contributed by atoms with Crippen molar-refractivity contribution in [1.82, 2.24) is 10.2 Å². The molecule has 4 nitrogen and oxygen atoms in total. The molecule has 1 heterocycles. The molecular weight excluding hydrogens is 178 g/mol. The van der Waals surface area contributed by atoms with Gasteiger partial charge >= 0.3 is 0 Å². The summed E-state index contributed by atoms with van der Waals surface area (Å²) in [4.78, 5) is 13.0. The summed E-state index contributed by atoms with van der Waals surface area (Å²) in [5, 5.41) is 3.27. The molecule has 1 saturated carbocycles. The van der Waals surface area contributed by atoms with E-state index in [1.807, 2.05) is 0 Å². The van der Waals surface area contributed by atoms with E-state index >= 15 is 0 Å². The van der Waals surface area contributed by atoms with Crippen LogP contribution in [0.5, 0.6) is 0 Å². The second-order valence-electron chi connectivity index (χ2n) is 4.47. The summed E-state index contributed by atoms with van der Waals surface area (Å²) in [5.41, 5.74) is 5.04. The summed E-state index contributed by atoms with van der Waals surface area (Å²) in [6.45, 7) is 4.26. The Labute approximate surface area is 84.8 Å². The second-order valence-corrected chi connectivity index (χ2v) is 4.47. The number of carbonyl (C=O) groups excluding carboxylic acids is 1. The molecule has 0 aromatic heterocycles. The normalized spacial score (nSPS) is 23.4. The number of amides is 1. The van der Waals surface area contributed by atoms with Crippen LogP contribution in [0.4, 0.5) is 0 Å². The van der Waals surface area contributed by atoms with Crippen LogP contribution in [0.1, 0.15) is 19.3 Å². The molecule has 3 N–H and O–H groups in total. The summed E-state index contributed by atoms with van der Waals surface area (Å²) in [7, 11) is 0. The lowest BCUT2D eigenvalue weighted by Gasteiger charge is -2.39. The Hall–Kier alpha value is -0.610. The fourth-order valence-corrected chi connectivity index (χ4v) is 1.99. The number of hydrogen-bond acceptors (Lipinski definition) is 3. The smallest absolute Gasteiger partial charge is 0.218 e. The number of likely N-dealkylation sites (tertiary alicyclic amines) is 1. The first-order valence-corrected chi connectivity index (χ1v) is 5.49. The number of carbonyl (C=O) groups is 1. The zero-order valence-corrected chi connectivity index (χ0v) is 8.54. The van der Waals surface area contributed by atoms with Gasteiger partial charge in [0.25, 0.3) is 0 Å². The minimum Gasteiger partial charge on any atom is -0.370 e. The van der Waals surface area contributed by atoms with Crippen LogP contribution >= 0.6 is 0 Å². The molecule has 4 heteroatoms. The van der Waals surface area contributed by atoms with E-state index in [4.69, 9.17) is 5.73 Å². The van der Waals surface area contributed by atoms with Gasteiger partial charge in [0.2, 0.25) is 5.91 Å². The highest BCUT2D eigenvalue weighted by Gasteiger charge is 2.37. The highest BCUT2D eigenvalue weighted by Crippen LogP contribution is 2.32. The molecule has 2 rings (SSSR count). The van der Waals surface area contributed by atoms with Crippen molar-refractivity contribution < 1.29 is 4.79 Å². The van der Waals surface area contributed by atoms with Gasteiger partial charge in [-0.1, -0.05) is 0 Å². The topological polar surface area (TPSA) is 58.4 Å². The molecule has 2 fully saturated rings. The van der Waals surface area contributed by atoms with E-state index in [0.29, 0.717) is 6.42 Å². The molecule has 1 aliphatic carbocycles. The Bertz CT molecular complexity index is 209. The highest BCUT2D eigenvalue weighted by molar-refractivity contribution is 5.73. The Kier molecular flexibility index (Phi) is 3.03. The van der Waals surface area contributed by atoms with E-state index in [-0.39, 0.29) is 5.91 Å². The first-order chi connectivity index (χ1) is 6.75. The molecule has 0 bridgehead atoms. The van der Waals surface area contributed by atoms with Gasteiger partial charge in [0.15, 0.2) is 0 Å². The predicted molar refractivity (Wildman–Crippen MR) is 54.8 cm³/mol. The number of nitrogens with one attached hydrogen (secondary N) is 1. The van der Waals surface area contributed by atoms with E-state index in [2.05, 4.69) is 10.2 Å². The minimum absolute atomic E-state index is 0.217. The summed E-state index contributed by atoms with van der Waals surface area (Å²) >= 11 is 0. The first-order valence-electron chi connectivity index (χ1n) is 5.49. The fourth-order valence-electron chi connectivity index (χ4n) is 1.99. The Balaban J connectivity index is 1.45. The fraction of sp³-hybridized carbons (Fsp3) is 0.900. The summed E-state index contributed by atoms with van der Waals surface area (Å²) in [6.07, 6.45) is 3.27. The van der Waals surface area contributed by atoms with Gasteiger partial charge in [-0.05, 0) is 18.8 Å². The number of nitrogens with two attached hydrogens (primary N) is 1. The zero-order chi connectivity index (χ0) is 9.97. The van der Waals surface area contributed by atoms with Gasteiger partial charge in [-0.3, -0.25) is 9.69 Å². The minimum atomic E-state index is -0.217. The van der Waals surface area contributed by atoms with Gasteiger partial charge in [0, 0.05) is 38.6 Å². The average molecular weight is 197 g/mol. The highest BCUT2D eigenvalue weighted by atomic mass is 16.1. The third-order valence-corrected chi connectivity index (χ3v) is 3.03. The Morgan fingerprint density at radius 2 is 2.14 bits per heavy atom. The SMILES string of the molecule is NC(=O)CCNCC1CN(C2CC2)C1. The molecule has 14 heavy (non-hydrogen) atoms. The van der Waals surface area contributed by atoms with Crippen LogP contribution in [0.25, 0.3) is 0 Å². The molecule has 1 amide bonds. The number of nitrogens with zero attached hydrogens (tertiary/aromatic N) is 1. The number of hydrogen-bond donors (Lipinski definition) is 2. The third kappa shape index (κ3) is 2.69. The lowest BCUT2D eigenvalue weighted by Crippen LogP contribution is -2.51. The maximum Gasteiger partial charge on any atom is 0.218 e.